The molecule has 0 aliphatic carbocycles. The van der Waals surface area contributed by atoms with E-state index in [1.807, 2.05) is 0 Å². The minimum absolute atomic E-state index is 0.0850. The second-order valence-electron chi connectivity index (χ2n) is 4.70. The van der Waals surface area contributed by atoms with Gasteiger partial charge in [0.15, 0.2) is 23.3 Å². The van der Waals surface area contributed by atoms with Gasteiger partial charge in [0.05, 0.1) is 0 Å². The molecule has 0 N–H and O–H groups in total. The van der Waals surface area contributed by atoms with Crippen LogP contribution in [0.3, 0.4) is 0 Å². The highest BCUT2D eigenvalue weighted by Crippen LogP contribution is 2.33. The van der Waals surface area contributed by atoms with E-state index in [4.69, 9.17) is 0 Å². The lowest BCUT2D eigenvalue weighted by Crippen LogP contribution is -2.26. The van der Waals surface area contributed by atoms with Crippen LogP contribution in [0, 0.1) is 23.3 Å². The third kappa shape index (κ3) is 2.19. The Balaban J connectivity index is 3.65. The summed E-state index contributed by atoms with van der Waals surface area (Å²) in [6.07, 6.45) is 0.295. The highest BCUT2D eigenvalue weighted by Gasteiger charge is 2.32. The maximum Gasteiger partial charge on any atom is 0.165 e. The van der Waals surface area contributed by atoms with Crippen LogP contribution in [0.1, 0.15) is 38.3 Å². The molecule has 1 unspecified atom stereocenters. The molecule has 1 atom stereocenters. The molecule has 0 spiro atoms. The van der Waals surface area contributed by atoms with E-state index in [0.29, 0.717) is 6.42 Å². The summed E-state index contributed by atoms with van der Waals surface area (Å²) in [5, 5.41) is -0.942. The molecule has 94 valence electrons. The van der Waals surface area contributed by atoms with Gasteiger partial charge in [-0.05, 0) is 11.7 Å². The Morgan fingerprint density at radius 1 is 0.941 bits per heavy atom. The summed E-state index contributed by atoms with van der Waals surface area (Å²) in [7, 11) is 1.55. The molecular formula is C12H15BF4. The Kier molecular flexibility index (Phi) is 3.90. The molecule has 0 saturated carbocycles. The monoisotopic (exact) mass is 246 g/mol. The Morgan fingerprint density at radius 2 is 1.35 bits per heavy atom. The van der Waals surface area contributed by atoms with Gasteiger partial charge in [-0.25, -0.2) is 17.6 Å². The molecule has 5 heteroatoms. The first-order chi connectivity index (χ1) is 7.77. The Hall–Kier alpha value is -0.995. The lowest BCUT2D eigenvalue weighted by atomic mass is 9.63. The van der Waals surface area contributed by atoms with E-state index in [0.717, 1.165) is 0 Å². The second kappa shape index (κ2) is 4.71. The van der Waals surface area contributed by atoms with Crippen LogP contribution in [-0.2, 0) is 11.7 Å². The minimum Gasteiger partial charge on any atom is -0.203 e. The Labute approximate surface area is 99.4 Å². The lowest BCUT2D eigenvalue weighted by Gasteiger charge is -2.25. The van der Waals surface area contributed by atoms with E-state index in [1.165, 1.54) is 6.92 Å². The fourth-order valence-corrected chi connectivity index (χ4v) is 1.76. The molecule has 0 amide bonds. The molecule has 0 heterocycles. The average Bonchev–Trinajstić information content (AvgIpc) is 2.27. The summed E-state index contributed by atoms with van der Waals surface area (Å²) in [5.74, 6) is -5.09. The van der Waals surface area contributed by atoms with Crippen molar-refractivity contribution in [3.05, 3.63) is 34.4 Å². The van der Waals surface area contributed by atoms with Gasteiger partial charge in [-0.2, -0.15) is 0 Å². The second-order valence-corrected chi connectivity index (χ2v) is 4.70. The lowest BCUT2D eigenvalue weighted by molar-refractivity contribution is 0.407. The summed E-state index contributed by atoms with van der Waals surface area (Å²) in [6, 6.07) is 0. The van der Waals surface area contributed by atoms with Crippen molar-refractivity contribution >= 4 is 7.85 Å². The van der Waals surface area contributed by atoms with E-state index >= 15 is 0 Å². The first kappa shape index (κ1) is 14.1. The summed E-state index contributed by atoms with van der Waals surface area (Å²) in [5.41, 5.74) is -1.04. The van der Waals surface area contributed by atoms with Crippen LogP contribution in [0.25, 0.3) is 0 Å². The SMILES string of the molecule is BC(C)(CC)c1c(F)c(F)c(CC)c(F)c1F. The van der Waals surface area contributed by atoms with Gasteiger partial charge in [0.2, 0.25) is 0 Å². The van der Waals surface area contributed by atoms with Gasteiger partial charge in [0, 0.05) is 11.1 Å². The van der Waals surface area contributed by atoms with Gasteiger partial charge in [-0.1, -0.05) is 27.2 Å². The number of hydrogen-bond donors (Lipinski definition) is 0. The molecule has 1 rings (SSSR count). The van der Waals surface area contributed by atoms with Crippen LogP contribution in [0.15, 0.2) is 0 Å². The quantitative estimate of drug-likeness (QED) is 0.436. The van der Waals surface area contributed by atoms with Crippen molar-refractivity contribution in [2.75, 3.05) is 0 Å². The van der Waals surface area contributed by atoms with E-state index in [9.17, 15) is 17.6 Å². The normalized spacial score (nSPS) is 14.8. The molecule has 0 nitrogen and oxygen atoms in total. The smallest absolute Gasteiger partial charge is 0.165 e. The number of benzene rings is 1. The van der Waals surface area contributed by atoms with Crippen molar-refractivity contribution in [1.29, 1.82) is 0 Å². The molecule has 0 radical (unpaired) electrons. The third-order valence-electron chi connectivity index (χ3n) is 3.27. The van der Waals surface area contributed by atoms with E-state index < -0.39 is 39.7 Å². The van der Waals surface area contributed by atoms with E-state index in [1.54, 1.807) is 21.7 Å². The maximum absolute atomic E-state index is 13.8. The van der Waals surface area contributed by atoms with Crippen LogP contribution < -0.4 is 0 Å². The summed E-state index contributed by atoms with van der Waals surface area (Å²) in [4.78, 5) is 0. The molecule has 1 aromatic rings. The minimum atomic E-state index is -1.28. The van der Waals surface area contributed by atoms with E-state index in [2.05, 4.69) is 0 Å². The van der Waals surface area contributed by atoms with Crippen molar-refractivity contribution in [2.24, 2.45) is 0 Å². The largest absolute Gasteiger partial charge is 0.203 e. The molecular weight excluding hydrogens is 231 g/mol. The van der Waals surface area contributed by atoms with Crippen LogP contribution in [-0.4, -0.2) is 7.85 Å². The number of halogens is 4. The highest BCUT2D eigenvalue weighted by molar-refractivity contribution is 6.15. The van der Waals surface area contributed by atoms with Crippen molar-refractivity contribution in [2.45, 2.75) is 38.9 Å². The van der Waals surface area contributed by atoms with Crippen LogP contribution in [0.5, 0.6) is 0 Å². The standard InChI is InChI=1S/C12H15BF4/c1-4-6-8(14)10(16)7(11(17)9(6)15)12(3,13)5-2/h4-5,13H2,1-3H3. The highest BCUT2D eigenvalue weighted by atomic mass is 19.2. The predicted octanol–water partition coefficient (Wildman–Crippen LogP) is 3.06. The zero-order chi connectivity index (χ0) is 13.4. The third-order valence-corrected chi connectivity index (χ3v) is 3.27. The molecule has 0 aliphatic heterocycles. The fraction of sp³-hybridized carbons (Fsp3) is 0.500. The summed E-state index contributed by atoms with van der Waals surface area (Å²) >= 11 is 0. The Morgan fingerprint density at radius 3 is 1.65 bits per heavy atom. The van der Waals surface area contributed by atoms with E-state index in [-0.39, 0.29) is 6.42 Å². The molecule has 17 heavy (non-hydrogen) atoms. The molecule has 1 aromatic carbocycles. The summed E-state index contributed by atoms with van der Waals surface area (Å²) < 4.78 is 54.8. The number of hydrogen-bond acceptors (Lipinski definition) is 0. The maximum atomic E-state index is 13.8. The van der Waals surface area contributed by atoms with Crippen LogP contribution >= 0.6 is 0 Å². The zero-order valence-corrected chi connectivity index (χ0v) is 10.4. The number of rotatable bonds is 3. The van der Waals surface area contributed by atoms with Crippen molar-refractivity contribution in [3.63, 3.8) is 0 Å². The predicted molar refractivity (Wildman–Crippen MR) is 61.8 cm³/mol. The van der Waals surface area contributed by atoms with Crippen molar-refractivity contribution < 1.29 is 17.6 Å². The molecule has 0 aliphatic rings. The van der Waals surface area contributed by atoms with Gasteiger partial charge >= 0.3 is 0 Å². The first-order valence-electron chi connectivity index (χ1n) is 5.63. The topological polar surface area (TPSA) is 0 Å². The van der Waals surface area contributed by atoms with Gasteiger partial charge in [0.1, 0.15) is 7.85 Å². The van der Waals surface area contributed by atoms with Crippen molar-refractivity contribution in [3.8, 4) is 0 Å². The van der Waals surface area contributed by atoms with Crippen LogP contribution in [0.4, 0.5) is 17.6 Å². The molecule has 0 aromatic heterocycles. The molecule has 0 bridgehead atoms. The van der Waals surface area contributed by atoms with Crippen LogP contribution in [0.2, 0.25) is 0 Å². The van der Waals surface area contributed by atoms with Crippen molar-refractivity contribution in [1.82, 2.24) is 0 Å². The Bertz CT molecular complexity index is 412. The van der Waals surface area contributed by atoms with Gasteiger partial charge < -0.3 is 0 Å². The van der Waals surface area contributed by atoms with Gasteiger partial charge in [0.25, 0.3) is 0 Å². The average molecular weight is 246 g/mol. The molecule has 0 saturated heterocycles. The summed E-state index contributed by atoms with van der Waals surface area (Å²) in [6.45, 7) is 4.71. The van der Waals surface area contributed by atoms with Gasteiger partial charge in [-0.15, -0.1) is 0 Å². The zero-order valence-electron chi connectivity index (χ0n) is 10.4. The first-order valence-corrected chi connectivity index (χ1v) is 5.63. The molecule has 0 fully saturated rings. The fourth-order valence-electron chi connectivity index (χ4n) is 1.76. The van der Waals surface area contributed by atoms with Gasteiger partial charge in [-0.3, -0.25) is 0 Å².